The van der Waals surface area contributed by atoms with Crippen molar-refractivity contribution in [2.24, 2.45) is 0 Å². The molecule has 170 valence electrons. The van der Waals surface area contributed by atoms with E-state index in [-0.39, 0.29) is 11.7 Å². The number of rotatable bonds is 7. The number of benzene rings is 3. The summed E-state index contributed by atoms with van der Waals surface area (Å²) in [5.41, 5.74) is 3.99. The van der Waals surface area contributed by atoms with Gasteiger partial charge >= 0.3 is 5.97 Å². The van der Waals surface area contributed by atoms with Crippen molar-refractivity contribution in [3.8, 4) is 22.5 Å². The summed E-state index contributed by atoms with van der Waals surface area (Å²) in [4.78, 5) is 31.1. The molecule has 34 heavy (non-hydrogen) atoms. The van der Waals surface area contributed by atoms with E-state index in [1.807, 2.05) is 60.7 Å². The summed E-state index contributed by atoms with van der Waals surface area (Å²) in [6.45, 7) is 0. The standard InChI is InChI=1S/C26H22N4O3S/c1-30(21-16-10-9-15-20(21)25(32)33-2)22(31)17-34-26-27-23(18-11-5-3-6-12-18)24(28-29-26)19-13-7-4-8-14-19/h3-16H,17H2,1-2H3. The van der Waals surface area contributed by atoms with Crippen LogP contribution >= 0.6 is 11.8 Å². The number of nitrogens with zero attached hydrogens (tertiary/aromatic N) is 4. The first-order valence-corrected chi connectivity index (χ1v) is 11.5. The normalized spacial score (nSPS) is 10.5. The van der Waals surface area contributed by atoms with Crippen molar-refractivity contribution in [1.82, 2.24) is 15.2 Å². The summed E-state index contributed by atoms with van der Waals surface area (Å²) in [5, 5.41) is 9.09. The minimum absolute atomic E-state index is 0.0760. The van der Waals surface area contributed by atoms with E-state index < -0.39 is 5.97 Å². The topological polar surface area (TPSA) is 85.3 Å². The van der Waals surface area contributed by atoms with Crippen LogP contribution in [0, 0.1) is 0 Å². The van der Waals surface area contributed by atoms with Gasteiger partial charge in [0.25, 0.3) is 0 Å². The van der Waals surface area contributed by atoms with Gasteiger partial charge in [-0.25, -0.2) is 9.78 Å². The predicted molar refractivity (Wildman–Crippen MR) is 133 cm³/mol. The first-order valence-electron chi connectivity index (χ1n) is 10.5. The Hall–Kier alpha value is -4.04. The number of carbonyl (C=O) groups excluding carboxylic acids is 2. The number of esters is 1. The lowest BCUT2D eigenvalue weighted by Gasteiger charge is -2.19. The third kappa shape index (κ3) is 5.13. The predicted octanol–water partition coefficient (Wildman–Crippen LogP) is 4.75. The highest BCUT2D eigenvalue weighted by Gasteiger charge is 2.20. The van der Waals surface area contributed by atoms with Crippen LogP contribution in [0.1, 0.15) is 10.4 Å². The first kappa shape index (κ1) is 23.1. The maximum atomic E-state index is 12.9. The second-order valence-corrected chi connectivity index (χ2v) is 8.22. The second-order valence-electron chi connectivity index (χ2n) is 7.27. The highest BCUT2D eigenvalue weighted by molar-refractivity contribution is 7.99. The molecule has 4 aromatic rings. The molecular weight excluding hydrogens is 448 g/mol. The van der Waals surface area contributed by atoms with Crippen LogP contribution in [0.25, 0.3) is 22.5 Å². The molecule has 1 heterocycles. The number of hydrogen-bond donors (Lipinski definition) is 0. The zero-order valence-electron chi connectivity index (χ0n) is 18.7. The van der Waals surface area contributed by atoms with Gasteiger partial charge in [-0.1, -0.05) is 84.6 Å². The molecule has 0 radical (unpaired) electrons. The Morgan fingerprint density at radius 1 is 0.824 bits per heavy atom. The number of carbonyl (C=O) groups is 2. The third-order valence-corrected chi connectivity index (χ3v) is 5.95. The fourth-order valence-corrected chi connectivity index (χ4v) is 4.07. The molecule has 7 nitrogen and oxygen atoms in total. The van der Waals surface area contributed by atoms with Gasteiger partial charge in [0.1, 0.15) is 11.4 Å². The smallest absolute Gasteiger partial charge is 0.339 e. The van der Waals surface area contributed by atoms with E-state index >= 15 is 0 Å². The van der Waals surface area contributed by atoms with Crippen molar-refractivity contribution >= 4 is 29.3 Å². The van der Waals surface area contributed by atoms with E-state index in [0.29, 0.717) is 27.8 Å². The highest BCUT2D eigenvalue weighted by atomic mass is 32.2. The number of ether oxygens (including phenoxy) is 1. The first-order chi connectivity index (χ1) is 16.6. The molecule has 1 amide bonds. The largest absolute Gasteiger partial charge is 0.465 e. The van der Waals surface area contributed by atoms with Crippen LogP contribution in [0.5, 0.6) is 0 Å². The minimum atomic E-state index is -0.501. The van der Waals surface area contributed by atoms with Crippen LogP contribution in [-0.2, 0) is 9.53 Å². The van der Waals surface area contributed by atoms with Crippen molar-refractivity contribution in [2.75, 3.05) is 24.8 Å². The molecular formula is C26H22N4O3S. The van der Waals surface area contributed by atoms with Crippen molar-refractivity contribution < 1.29 is 14.3 Å². The fraction of sp³-hybridized carbons (Fsp3) is 0.115. The van der Waals surface area contributed by atoms with Gasteiger partial charge in [-0.2, -0.15) is 0 Å². The van der Waals surface area contributed by atoms with Crippen LogP contribution in [-0.4, -0.2) is 47.0 Å². The summed E-state index contributed by atoms with van der Waals surface area (Å²) in [7, 11) is 2.93. The Bertz CT molecular complexity index is 1300. The van der Waals surface area contributed by atoms with Crippen LogP contribution < -0.4 is 4.90 Å². The lowest BCUT2D eigenvalue weighted by molar-refractivity contribution is -0.115. The average molecular weight is 471 g/mol. The van der Waals surface area contributed by atoms with E-state index in [4.69, 9.17) is 9.72 Å². The molecule has 0 atom stereocenters. The Morgan fingerprint density at radius 2 is 1.41 bits per heavy atom. The molecule has 3 aromatic carbocycles. The maximum absolute atomic E-state index is 12.9. The minimum Gasteiger partial charge on any atom is -0.465 e. The maximum Gasteiger partial charge on any atom is 0.339 e. The molecule has 0 aliphatic heterocycles. The van der Waals surface area contributed by atoms with Gasteiger partial charge in [0.2, 0.25) is 11.1 Å². The molecule has 0 saturated carbocycles. The number of amides is 1. The van der Waals surface area contributed by atoms with Gasteiger partial charge in [-0.05, 0) is 12.1 Å². The van der Waals surface area contributed by atoms with E-state index in [1.165, 1.54) is 23.8 Å². The summed E-state index contributed by atoms with van der Waals surface area (Å²) >= 11 is 1.19. The van der Waals surface area contributed by atoms with Gasteiger partial charge in [0, 0.05) is 18.2 Å². The molecule has 0 N–H and O–H groups in total. The lowest BCUT2D eigenvalue weighted by atomic mass is 10.0. The van der Waals surface area contributed by atoms with E-state index in [2.05, 4.69) is 10.2 Å². The number of anilines is 1. The lowest BCUT2D eigenvalue weighted by Crippen LogP contribution is -2.29. The quantitative estimate of drug-likeness (QED) is 0.285. The molecule has 0 fully saturated rings. The van der Waals surface area contributed by atoms with Crippen molar-refractivity contribution in [3.05, 3.63) is 90.5 Å². The molecule has 0 aliphatic rings. The number of aromatic nitrogens is 3. The van der Waals surface area contributed by atoms with Crippen LogP contribution in [0.3, 0.4) is 0 Å². The third-order valence-electron chi connectivity index (χ3n) is 5.13. The van der Waals surface area contributed by atoms with Crippen LogP contribution in [0.2, 0.25) is 0 Å². The number of thioether (sulfide) groups is 1. The summed E-state index contributed by atoms with van der Waals surface area (Å²) in [6, 6.07) is 26.3. The number of methoxy groups -OCH3 is 1. The summed E-state index contributed by atoms with van der Waals surface area (Å²) in [5.74, 6) is -0.634. The zero-order valence-corrected chi connectivity index (χ0v) is 19.5. The highest BCUT2D eigenvalue weighted by Crippen LogP contribution is 2.30. The molecule has 0 aliphatic carbocycles. The van der Waals surface area contributed by atoms with E-state index in [9.17, 15) is 9.59 Å². The molecule has 4 rings (SSSR count). The number of para-hydroxylation sites is 1. The van der Waals surface area contributed by atoms with Gasteiger partial charge in [0.15, 0.2) is 0 Å². The molecule has 0 bridgehead atoms. The second kappa shape index (κ2) is 10.7. The van der Waals surface area contributed by atoms with Crippen LogP contribution in [0.4, 0.5) is 5.69 Å². The summed E-state index contributed by atoms with van der Waals surface area (Å²) in [6.07, 6.45) is 0. The zero-order chi connectivity index (χ0) is 23.9. The van der Waals surface area contributed by atoms with Gasteiger partial charge in [-0.3, -0.25) is 4.79 Å². The van der Waals surface area contributed by atoms with Crippen molar-refractivity contribution in [1.29, 1.82) is 0 Å². The average Bonchev–Trinajstić information content (AvgIpc) is 2.91. The van der Waals surface area contributed by atoms with E-state index in [1.54, 1.807) is 31.3 Å². The van der Waals surface area contributed by atoms with Gasteiger partial charge in [0.05, 0.1) is 24.1 Å². The molecule has 0 saturated heterocycles. The molecule has 0 spiro atoms. The Balaban J connectivity index is 1.57. The Labute approximate surface area is 201 Å². The fourth-order valence-electron chi connectivity index (χ4n) is 3.37. The van der Waals surface area contributed by atoms with Crippen LogP contribution in [0.15, 0.2) is 90.1 Å². The molecule has 1 aromatic heterocycles. The van der Waals surface area contributed by atoms with Gasteiger partial charge in [-0.15, -0.1) is 10.2 Å². The number of hydrogen-bond acceptors (Lipinski definition) is 7. The Morgan fingerprint density at radius 3 is 2.06 bits per heavy atom. The SMILES string of the molecule is COC(=O)c1ccccc1N(C)C(=O)CSc1nnc(-c2ccccc2)c(-c2ccccc2)n1. The molecule has 8 heteroatoms. The summed E-state index contributed by atoms with van der Waals surface area (Å²) < 4.78 is 4.83. The monoisotopic (exact) mass is 470 g/mol. The van der Waals surface area contributed by atoms with E-state index in [0.717, 1.165) is 11.1 Å². The molecule has 0 unspecified atom stereocenters. The Kier molecular flexibility index (Phi) is 7.29. The van der Waals surface area contributed by atoms with Crippen molar-refractivity contribution in [2.45, 2.75) is 5.16 Å². The van der Waals surface area contributed by atoms with Gasteiger partial charge < -0.3 is 9.64 Å². The van der Waals surface area contributed by atoms with Crippen molar-refractivity contribution in [3.63, 3.8) is 0 Å².